The first kappa shape index (κ1) is 13.5. The van der Waals surface area contributed by atoms with Crippen molar-refractivity contribution in [3.63, 3.8) is 0 Å². The molecule has 3 aromatic heterocycles. The largest absolute Gasteiger partial charge is 0.426 e. The quantitative estimate of drug-likeness (QED) is 0.566. The van der Waals surface area contributed by atoms with Crippen LogP contribution in [0, 0.1) is 5.82 Å². The minimum atomic E-state index is -0.301. The Morgan fingerprint density at radius 1 is 0.870 bits per heavy atom. The van der Waals surface area contributed by atoms with E-state index >= 15 is 0 Å². The van der Waals surface area contributed by atoms with Crippen LogP contribution in [-0.4, -0.2) is 19.9 Å². The van der Waals surface area contributed by atoms with Gasteiger partial charge in [-0.3, -0.25) is 4.98 Å². The summed E-state index contributed by atoms with van der Waals surface area (Å²) in [5.41, 5.74) is 3.48. The number of fused-ring (bicyclic) bond motifs is 1. The van der Waals surface area contributed by atoms with Crippen molar-refractivity contribution in [3.8, 4) is 22.4 Å². The molecule has 4 rings (SSSR count). The fourth-order valence-electron chi connectivity index (χ4n) is 2.79. The number of aromatic nitrogens is 3. The summed E-state index contributed by atoms with van der Waals surface area (Å²) in [4.78, 5) is 8.27. The van der Waals surface area contributed by atoms with Crippen LogP contribution in [0.4, 0.5) is 4.39 Å². The lowest BCUT2D eigenvalue weighted by Crippen LogP contribution is -1.95. The normalized spacial score (nSPS) is 11.0. The Morgan fingerprint density at radius 3 is 2.35 bits per heavy atom. The van der Waals surface area contributed by atoms with E-state index in [1.165, 1.54) is 12.1 Å². The lowest BCUT2D eigenvalue weighted by Gasteiger charge is -2.07. The highest BCUT2D eigenvalue weighted by molar-refractivity contribution is 6.02. The van der Waals surface area contributed by atoms with Crippen molar-refractivity contribution in [2.45, 2.75) is 0 Å². The molecule has 0 unspecified atom stereocenters. The Labute approximate surface area is 131 Å². The third kappa shape index (κ3) is 2.14. The number of halogens is 1. The SMILES string of the molecule is On1c(-c2ccncc2)c(-c2ccc(F)cc2)c2cccnc21. The fraction of sp³-hybridized carbons (Fsp3) is 0. The van der Waals surface area contributed by atoms with Crippen molar-refractivity contribution < 1.29 is 9.60 Å². The van der Waals surface area contributed by atoms with Crippen molar-refractivity contribution in [2.24, 2.45) is 0 Å². The molecule has 0 amide bonds. The van der Waals surface area contributed by atoms with Gasteiger partial charge in [0.15, 0.2) is 5.65 Å². The van der Waals surface area contributed by atoms with E-state index in [2.05, 4.69) is 9.97 Å². The van der Waals surface area contributed by atoms with Crippen LogP contribution in [0.1, 0.15) is 0 Å². The van der Waals surface area contributed by atoms with Crippen LogP contribution in [0.15, 0.2) is 67.1 Å². The summed E-state index contributed by atoms with van der Waals surface area (Å²) in [6, 6.07) is 13.5. The lowest BCUT2D eigenvalue weighted by molar-refractivity contribution is 0.203. The Balaban J connectivity index is 2.10. The molecular weight excluding hydrogens is 293 g/mol. The predicted molar refractivity (Wildman–Crippen MR) is 85.5 cm³/mol. The highest BCUT2D eigenvalue weighted by Crippen LogP contribution is 2.39. The van der Waals surface area contributed by atoms with Gasteiger partial charge in [0.05, 0.1) is 5.69 Å². The second-order valence-corrected chi connectivity index (χ2v) is 5.15. The Hall–Kier alpha value is -3.21. The minimum Gasteiger partial charge on any atom is -0.426 e. The summed E-state index contributed by atoms with van der Waals surface area (Å²) in [6.45, 7) is 0. The number of pyridine rings is 2. The number of hydrogen-bond acceptors (Lipinski definition) is 3. The maximum atomic E-state index is 13.3. The third-order valence-corrected chi connectivity index (χ3v) is 3.79. The Morgan fingerprint density at radius 2 is 1.61 bits per heavy atom. The van der Waals surface area contributed by atoms with Gasteiger partial charge >= 0.3 is 0 Å². The molecule has 0 aliphatic heterocycles. The van der Waals surface area contributed by atoms with E-state index in [0.29, 0.717) is 11.3 Å². The highest BCUT2D eigenvalue weighted by atomic mass is 19.1. The standard InChI is InChI=1S/C18H12FN3O/c19-14-5-3-12(4-6-14)16-15-2-1-9-21-18(15)22(23)17(16)13-7-10-20-11-8-13/h1-11,23H. The summed E-state index contributed by atoms with van der Waals surface area (Å²) in [6.07, 6.45) is 4.95. The molecule has 0 atom stereocenters. The van der Waals surface area contributed by atoms with Crippen LogP contribution in [0.3, 0.4) is 0 Å². The van der Waals surface area contributed by atoms with Gasteiger partial charge in [-0.15, -0.1) is 0 Å². The molecule has 1 N–H and O–H groups in total. The van der Waals surface area contributed by atoms with E-state index in [-0.39, 0.29) is 5.82 Å². The topological polar surface area (TPSA) is 50.9 Å². The van der Waals surface area contributed by atoms with Gasteiger partial charge in [-0.2, -0.15) is 4.73 Å². The predicted octanol–water partition coefficient (Wildman–Crippen LogP) is 4.14. The highest BCUT2D eigenvalue weighted by Gasteiger charge is 2.20. The van der Waals surface area contributed by atoms with Crippen molar-refractivity contribution in [3.05, 3.63) is 72.9 Å². The average Bonchev–Trinajstić information content (AvgIpc) is 2.90. The molecule has 0 spiro atoms. The van der Waals surface area contributed by atoms with E-state index in [9.17, 15) is 9.60 Å². The fourth-order valence-corrected chi connectivity index (χ4v) is 2.79. The molecule has 3 heterocycles. The van der Waals surface area contributed by atoms with E-state index in [1.807, 2.05) is 24.3 Å². The van der Waals surface area contributed by atoms with Crippen molar-refractivity contribution >= 4 is 11.0 Å². The smallest absolute Gasteiger partial charge is 0.176 e. The zero-order chi connectivity index (χ0) is 15.8. The summed E-state index contributed by atoms with van der Waals surface area (Å²) in [5.74, 6) is -0.301. The number of benzene rings is 1. The molecule has 0 aliphatic rings. The van der Waals surface area contributed by atoms with Crippen molar-refractivity contribution in [1.29, 1.82) is 0 Å². The van der Waals surface area contributed by atoms with Gasteiger partial charge in [0, 0.05) is 35.1 Å². The van der Waals surface area contributed by atoms with Gasteiger partial charge in [0.25, 0.3) is 0 Å². The molecule has 112 valence electrons. The minimum absolute atomic E-state index is 0.301. The monoisotopic (exact) mass is 305 g/mol. The molecule has 4 nitrogen and oxygen atoms in total. The van der Waals surface area contributed by atoms with Crippen LogP contribution in [0.2, 0.25) is 0 Å². The van der Waals surface area contributed by atoms with Gasteiger partial charge in [-0.05, 0) is 42.0 Å². The summed E-state index contributed by atoms with van der Waals surface area (Å²) in [7, 11) is 0. The van der Waals surface area contributed by atoms with Gasteiger partial charge < -0.3 is 5.21 Å². The Bertz CT molecular complexity index is 979. The number of rotatable bonds is 2. The maximum absolute atomic E-state index is 13.3. The number of hydrogen-bond donors (Lipinski definition) is 1. The molecule has 5 heteroatoms. The van der Waals surface area contributed by atoms with Crippen molar-refractivity contribution in [2.75, 3.05) is 0 Å². The molecule has 23 heavy (non-hydrogen) atoms. The zero-order valence-electron chi connectivity index (χ0n) is 12.0. The zero-order valence-corrected chi connectivity index (χ0v) is 12.0. The maximum Gasteiger partial charge on any atom is 0.176 e. The molecule has 0 saturated carbocycles. The molecule has 0 radical (unpaired) electrons. The second kappa shape index (κ2) is 5.21. The van der Waals surface area contributed by atoms with E-state index < -0.39 is 0 Å². The molecular formula is C18H12FN3O. The molecule has 0 fully saturated rings. The molecule has 0 aliphatic carbocycles. The molecule has 1 aromatic carbocycles. The molecule has 0 bridgehead atoms. The van der Waals surface area contributed by atoms with Gasteiger partial charge in [0.1, 0.15) is 5.82 Å². The van der Waals surface area contributed by atoms with Gasteiger partial charge in [-0.1, -0.05) is 12.1 Å². The van der Waals surface area contributed by atoms with Gasteiger partial charge in [-0.25, -0.2) is 9.37 Å². The number of nitrogens with zero attached hydrogens (tertiary/aromatic N) is 3. The summed E-state index contributed by atoms with van der Waals surface area (Å²) >= 11 is 0. The summed E-state index contributed by atoms with van der Waals surface area (Å²) < 4.78 is 14.3. The average molecular weight is 305 g/mol. The van der Waals surface area contributed by atoms with Crippen LogP contribution in [-0.2, 0) is 0 Å². The van der Waals surface area contributed by atoms with Crippen molar-refractivity contribution in [1.82, 2.24) is 14.7 Å². The second-order valence-electron chi connectivity index (χ2n) is 5.15. The third-order valence-electron chi connectivity index (χ3n) is 3.79. The van der Waals surface area contributed by atoms with Crippen LogP contribution in [0.5, 0.6) is 0 Å². The molecule has 0 saturated heterocycles. The van der Waals surface area contributed by atoms with Crippen LogP contribution < -0.4 is 0 Å². The summed E-state index contributed by atoms with van der Waals surface area (Å²) in [5, 5.41) is 11.4. The van der Waals surface area contributed by atoms with Crippen LogP contribution >= 0.6 is 0 Å². The molecule has 4 aromatic rings. The van der Waals surface area contributed by atoms with Gasteiger partial charge in [0.2, 0.25) is 0 Å². The first-order valence-corrected chi connectivity index (χ1v) is 7.11. The van der Waals surface area contributed by atoms with Crippen LogP contribution in [0.25, 0.3) is 33.4 Å². The van der Waals surface area contributed by atoms with E-state index in [0.717, 1.165) is 26.8 Å². The van der Waals surface area contributed by atoms with E-state index in [4.69, 9.17) is 0 Å². The first-order chi connectivity index (χ1) is 11.3. The van der Waals surface area contributed by atoms with E-state index in [1.54, 1.807) is 30.7 Å². The first-order valence-electron chi connectivity index (χ1n) is 7.11. The Kier molecular flexibility index (Phi) is 3.05. The lowest BCUT2D eigenvalue weighted by atomic mass is 9.99.